The van der Waals surface area contributed by atoms with Gasteiger partial charge in [0.2, 0.25) is 11.8 Å². The number of methoxy groups -OCH3 is 1. The molecule has 0 aliphatic carbocycles. The standard InChI is InChI=1S/C26H43N3O5/c1-8-19(4)25(22(34-7)14-16-30)29(6)23(32)17-27-26(33)24(18(2)3)28(5)15-13-20-9-11-21(31)12-10-20/h9-12,16,18-19,22,24-25,31H,8,13-15,17H2,1-7H3,(H,27,33). The highest BCUT2D eigenvalue weighted by atomic mass is 16.5. The van der Waals surface area contributed by atoms with Crippen molar-refractivity contribution in [3.8, 4) is 5.75 Å². The Morgan fingerprint density at radius 2 is 1.76 bits per heavy atom. The molecule has 8 nitrogen and oxygen atoms in total. The van der Waals surface area contributed by atoms with Crippen LogP contribution in [0.5, 0.6) is 5.75 Å². The van der Waals surface area contributed by atoms with Crippen LogP contribution in [0, 0.1) is 11.8 Å². The molecule has 0 fully saturated rings. The van der Waals surface area contributed by atoms with Gasteiger partial charge >= 0.3 is 0 Å². The lowest BCUT2D eigenvalue weighted by atomic mass is 9.91. The second-order valence-corrected chi connectivity index (χ2v) is 9.36. The number of hydrogen-bond acceptors (Lipinski definition) is 6. The zero-order valence-electron chi connectivity index (χ0n) is 21.8. The third kappa shape index (κ3) is 8.72. The molecule has 4 unspecified atom stereocenters. The van der Waals surface area contributed by atoms with E-state index in [1.807, 2.05) is 51.8 Å². The maximum Gasteiger partial charge on any atom is 0.242 e. The van der Waals surface area contributed by atoms with E-state index >= 15 is 0 Å². The quantitative estimate of drug-likeness (QED) is 0.377. The number of rotatable bonds is 15. The predicted molar refractivity (Wildman–Crippen MR) is 134 cm³/mol. The molecule has 0 saturated heterocycles. The third-order valence-corrected chi connectivity index (χ3v) is 6.56. The largest absolute Gasteiger partial charge is 0.508 e. The summed E-state index contributed by atoms with van der Waals surface area (Å²) in [5.74, 6) is -0.00762. The number of carbonyl (C=O) groups excluding carboxylic acids is 3. The average Bonchev–Trinajstić information content (AvgIpc) is 2.81. The predicted octanol–water partition coefficient (Wildman–Crippen LogP) is 2.48. The van der Waals surface area contributed by atoms with E-state index in [0.29, 0.717) is 6.54 Å². The summed E-state index contributed by atoms with van der Waals surface area (Å²) in [5.41, 5.74) is 1.07. The molecule has 1 rings (SSSR count). The van der Waals surface area contributed by atoms with E-state index in [4.69, 9.17) is 4.74 Å². The van der Waals surface area contributed by atoms with Crippen LogP contribution in [-0.4, -0.2) is 85.5 Å². The Balaban J connectivity index is 2.78. The number of benzene rings is 1. The Hall–Kier alpha value is -2.45. The number of nitrogens with zero attached hydrogens (tertiary/aromatic N) is 2. The van der Waals surface area contributed by atoms with E-state index in [0.717, 1.165) is 24.7 Å². The third-order valence-electron chi connectivity index (χ3n) is 6.56. The van der Waals surface area contributed by atoms with Crippen molar-refractivity contribution in [2.24, 2.45) is 11.8 Å². The number of hydrogen-bond donors (Lipinski definition) is 2. The van der Waals surface area contributed by atoms with E-state index in [9.17, 15) is 19.5 Å². The molecule has 34 heavy (non-hydrogen) atoms. The van der Waals surface area contributed by atoms with Crippen LogP contribution in [0.25, 0.3) is 0 Å². The summed E-state index contributed by atoms with van der Waals surface area (Å²) >= 11 is 0. The number of aromatic hydroxyl groups is 1. The van der Waals surface area contributed by atoms with Crippen molar-refractivity contribution < 1.29 is 24.2 Å². The highest BCUT2D eigenvalue weighted by Gasteiger charge is 2.33. The lowest BCUT2D eigenvalue weighted by molar-refractivity contribution is -0.139. The van der Waals surface area contributed by atoms with Gasteiger partial charge in [0.1, 0.15) is 12.0 Å². The van der Waals surface area contributed by atoms with Crippen molar-refractivity contribution in [3.63, 3.8) is 0 Å². The first-order chi connectivity index (χ1) is 16.1. The van der Waals surface area contributed by atoms with Crippen molar-refractivity contribution in [2.45, 2.75) is 65.1 Å². The van der Waals surface area contributed by atoms with Crippen LogP contribution in [0.15, 0.2) is 24.3 Å². The van der Waals surface area contributed by atoms with E-state index in [-0.39, 0.29) is 54.4 Å². The molecule has 2 amide bonds. The summed E-state index contributed by atoms with van der Waals surface area (Å²) < 4.78 is 5.51. The van der Waals surface area contributed by atoms with E-state index in [1.54, 1.807) is 31.2 Å². The highest BCUT2D eigenvalue weighted by Crippen LogP contribution is 2.21. The molecule has 2 N–H and O–H groups in total. The summed E-state index contributed by atoms with van der Waals surface area (Å²) in [4.78, 5) is 40.7. The zero-order chi connectivity index (χ0) is 25.8. The molecule has 0 aliphatic rings. The first-order valence-electron chi connectivity index (χ1n) is 12.0. The molecule has 8 heteroatoms. The van der Waals surface area contributed by atoms with Gasteiger partial charge in [0.05, 0.1) is 24.7 Å². The first-order valence-corrected chi connectivity index (χ1v) is 12.0. The fourth-order valence-corrected chi connectivity index (χ4v) is 4.39. The lowest BCUT2D eigenvalue weighted by Crippen LogP contribution is -2.54. The maximum absolute atomic E-state index is 13.0. The minimum Gasteiger partial charge on any atom is -0.508 e. The van der Waals surface area contributed by atoms with Crippen molar-refractivity contribution in [1.29, 1.82) is 0 Å². The maximum atomic E-state index is 13.0. The van der Waals surface area contributed by atoms with Crippen LogP contribution in [0.4, 0.5) is 0 Å². The van der Waals surface area contributed by atoms with Gasteiger partial charge in [-0.05, 0) is 43.0 Å². The van der Waals surface area contributed by atoms with Crippen molar-refractivity contribution >= 4 is 18.1 Å². The number of phenolic OH excluding ortho intramolecular Hbond substituents is 1. The molecule has 192 valence electrons. The van der Waals surface area contributed by atoms with Gasteiger partial charge in [-0.2, -0.15) is 0 Å². The van der Waals surface area contributed by atoms with Gasteiger partial charge in [0.25, 0.3) is 0 Å². The summed E-state index contributed by atoms with van der Waals surface area (Å²) in [6.07, 6.45) is 2.18. The summed E-state index contributed by atoms with van der Waals surface area (Å²) in [6.45, 7) is 8.57. The SMILES string of the molecule is CCC(C)C(C(CC=O)OC)N(C)C(=O)CNC(=O)C(C(C)C)N(C)CCc1ccc(O)cc1. The van der Waals surface area contributed by atoms with Crippen molar-refractivity contribution in [2.75, 3.05) is 34.3 Å². The molecule has 0 bridgehead atoms. The molecular weight excluding hydrogens is 434 g/mol. The Kier molecular flexibility index (Phi) is 12.8. The second kappa shape index (κ2) is 14.7. The lowest BCUT2D eigenvalue weighted by Gasteiger charge is -2.37. The van der Waals surface area contributed by atoms with Crippen LogP contribution in [0.1, 0.15) is 46.1 Å². The van der Waals surface area contributed by atoms with Crippen LogP contribution in [0.3, 0.4) is 0 Å². The smallest absolute Gasteiger partial charge is 0.242 e. The minimum atomic E-state index is -0.397. The van der Waals surface area contributed by atoms with Crippen LogP contribution < -0.4 is 5.32 Å². The van der Waals surface area contributed by atoms with E-state index < -0.39 is 6.10 Å². The van der Waals surface area contributed by atoms with E-state index in [2.05, 4.69) is 5.32 Å². The van der Waals surface area contributed by atoms with Crippen molar-refractivity contribution in [3.05, 3.63) is 29.8 Å². The first kappa shape index (κ1) is 29.6. The molecule has 0 aromatic heterocycles. The molecule has 1 aromatic rings. The second-order valence-electron chi connectivity index (χ2n) is 9.36. The number of nitrogens with one attached hydrogen (secondary N) is 1. The number of aldehydes is 1. The number of amides is 2. The molecule has 0 aliphatic heterocycles. The molecule has 0 heterocycles. The topological polar surface area (TPSA) is 99.2 Å². The van der Waals surface area contributed by atoms with Crippen LogP contribution >= 0.6 is 0 Å². The summed E-state index contributed by atoms with van der Waals surface area (Å²) in [7, 11) is 5.15. The number of carbonyl (C=O) groups is 3. The fourth-order valence-electron chi connectivity index (χ4n) is 4.39. The Morgan fingerprint density at radius 3 is 2.26 bits per heavy atom. The normalized spacial score (nSPS) is 15.0. The molecule has 0 radical (unpaired) electrons. The molecular formula is C26H43N3O5. The van der Waals surface area contributed by atoms with Gasteiger partial charge < -0.3 is 24.9 Å². The monoisotopic (exact) mass is 477 g/mol. The van der Waals surface area contributed by atoms with Gasteiger partial charge in [-0.25, -0.2) is 0 Å². The average molecular weight is 478 g/mol. The van der Waals surface area contributed by atoms with Gasteiger partial charge in [0, 0.05) is 27.1 Å². The Labute approximate surface area is 204 Å². The van der Waals surface area contributed by atoms with Gasteiger partial charge in [0.15, 0.2) is 0 Å². The van der Waals surface area contributed by atoms with Gasteiger partial charge in [-0.3, -0.25) is 14.5 Å². The van der Waals surface area contributed by atoms with Crippen molar-refractivity contribution in [1.82, 2.24) is 15.1 Å². The molecule has 0 spiro atoms. The number of likely N-dealkylation sites (N-methyl/N-ethyl adjacent to an activating group) is 2. The van der Waals surface area contributed by atoms with Crippen LogP contribution in [-0.2, 0) is 25.5 Å². The molecule has 1 aromatic carbocycles. The zero-order valence-corrected chi connectivity index (χ0v) is 21.8. The molecule has 4 atom stereocenters. The van der Waals surface area contributed by atoms with E-state index in [1.165, 1.54) is 0 Å². The van der Waals surface area contributed by atoms with Gasteiger partial charge in [-0.1, -0.05) is 46.2 Å². The van der Waals surface area contributed by atoms with Crippen LogP contribution in [0.2, 0.25) is 0 Å². The Bertz CT molecular complexity index is 768. The minimum absolute atomic E-state index is 0.0518. The number of phenols is 1. The summed E-state index contributed by atoms with van der Waals surface area (Å²) in [6, 6.07) is 6.39. The Morgan fingerprint density at radius 1 is 1.15 bits per heavy atom. The molecule has 0 saturated carbocycles. The van der Waals surface area contributed by atoms with Gasteiger partial charge in [-0.15, -0.1) is 0 Å². The fraction of sp³-hybridized carbons (Fsp3) is 0.654. The number of ether oxygens (including phenoxy) is 1. The summed E-state index contributed by atoms with van der Waals surface area (Å²) in [5, 5.41) is 12.3. The highest BCUT2D eigenvalue weighted by molar-refractivity contribution is 5.87.